The zero-order valence-corrected chi connectivity index (χ0v) is 9.96. The molecule has 0 N–H and O–H groups in total. The van der Waals surface area contributed by atoms with E-state index in [9.17, 15) is 0 Å². The molecule has 0 radical (unpaired) electrons. The van der Waals surface area contributed by atoms with Crippen LogP contribution in [0.2, 0.25) is 0 Å². The third-order valence-electron chi connectivity index (χ3n) is 3.05. The Balaban J connectivity index is 2.11. The summed E-state index contributed by atoms with van der Waals surface area (Å²) in [6.07, 6.45) is 5.74. The molecule has 1 rings (SSSR count). The van der Waals surface area contributed by atoms with E-state index in [1.807, 2.05) is 7.11 Å². The molecule has 0 saturated carbocycles. The summed E-state index contributed by atoms with van der Waals surface area (Å²) in [5.41, 5.74) is 0. The van der Waals surface area contributed by atoms with Gasteiger partial charge in [0.1, 0.15) is 0 Å². The van der Waals surface area contributed by atoms with E-state index in [0.29, 0.717) is 6.10 Å². The fourth-order valence-electron chi connectivity index (χ4n) is 2.13. The molecular formula is C12H25NO. The van der Waals surface area contributed by atoms with Gasteiger partial charge < -0.3 is 9.64 Å². The SMILES string of the molecule is COC1CCCN(CCCC(C)C)C1. The van der Waals surface area contributed by atoms with Crippen LogP contribution in [0.25, 0.3) is 0 Å². The number of nitrogens with zero attached hydrogens (tertiary/aromatic N) is 1. The molecular weight excluding hydrogens is 174 g/mol. The maximum absolute atomic E-state index is 5.41. The average molecular weight is 199 g/mol. The second-order valence-corrected chi connectivity index (χ2v) is 4.84. The van der Waals surface area contributed by atoms with Gasteiger partial charge in [0.2, 0.25) is 0 Å². The lowest BCUT2D eigenvalue weighted by molar-refractivity contribution is 0.0306. The summed E-state index contributed by atoms with van der Waals surface area (Å²) in [6.45, 7) is 8.28. The van der Waals surface area contributed by atoms with Crippen LogP contribution in [0.3, 0.4) is 0 Å². The number of hydrogen-bond donors (Lipinski definition) is 0. The lowest BCUT2D eigenvalue weighted by atomic mass is 10.1. The highest BCUT2D eigenvalue weighted by atomic mass is 16.5. The molecule has 2 heteroatoms. The van der Waals surface area contributed by atoms with Gasteiger partial charge in [0, 0.05) is 13.7 Å². The highest BCUT2D eigenvalue weighted by molar-refractivity contribution is 4.72. The Morgan fingerprint density at radius 1 is 1.43 bits per heavy atom. The number of likely N-dealkylation sites (tertiary alicyclic amines) is 1. The second-order valence-electron chi connectivity index (χ2n) is 4.84. The standard InChI is InChI=1S/C12H25NO/c1-11(2)6-4-8-13-9-5-7-12(10-13)14-3/h11-12H,4-10H2,1-3H3. The van der Waals surface area contributed by atoms with Gasteiger partial charge in [-0.15, -0.1) is 0 Å². The van der Waals surface area contributed by atoms with Crippen LogP contribution in [0, 0.1) is 5.92 Å². The Labute approximate surface area is 88.6 Å². The maximum Gasteiger partial charge on any atom is 0.0698 e. The first-order chi connectivity index (χ1) is 6.72. The van der Waals surface area contributed by atoms with E-state index >= 15 is 0 Å². The fraction of sp³-hybridized carbons (Fsp3) is 1.00. The monoisotopic (exact) mass is 199 g/mol. The van der Waals surface area contributed by atoms with Crippen molar-refractivity contribution in [3.63, 3.8) is 0 Å². The highest BCUT2D eigenvalue weighted by Crippen LogP contribution is 2.13. The van der Waals surface area contributed by atoms with E-state index in [1.165, 1.54) is 38.8 Å². The van der Waals surface area contributed by atoms with Crippen LogP contribution < -0.4 is 0 Å². The normalized spacial score (nSPS) is 24.4. The number of methoxy groups -OCH3 is 1. The fourth-order valence-corrected chi connectivity index (χ4v) is 2.13. The first kappa shape index (κ1) is 12.0. The number of piperidine rings is 1. The molecule has 0 aromatic carbocycles. The van der Waals surface area contributed by atoms with Gasteiger partial charge in [-0.1, -0.05) is 13.8 Å². The molecule has 0 aliphatic carbocycles. The van der Waals surface area contributed by atoms with Crippen molar-refractivity contribution in [2.45, 2.75) is 45.6 Å². The molecule has 0 spiro atoms. The van der Waals surface area contributed by atoms with Crippen LogP contribution in [-0.4, -0.2) is 37.7 Å². The van der Waals surface area contributed by atoms with E-state index in [2.05, 4.69) is 18.7 Å². The van der Waals surface area contributed by atoms with Crippen molar-refractivity contribution in [1.29, 1.82) is 0 Å². The van der Waals surface area contributed by atoms with E-state index in [1.54, 1.807) is 0 Å². The van der Waals surface area contributed by atoms with Crippen molar-refractivity contribution in [3.05, 3.63) is 0 Å². The van der Waals surface area contributed by atoms with E-state index < -0.39 is 0 Å². The molecule has 0 aromatic rings. The Hall–Kier alpha value is -0.0800. The highest BCUT2D eigenvalue weighted by Gasteiger charge is 2.18. The van der Waals surface area contributed by atoms with Gasteiger partial charge >= 0.3 is 0 Å². The minimum absolute atomic E-state index is 0.489. The van der Waals surface area contributed by atoms with Crippen molar-refractivity contribution < 1.29 is 4.74 Å². The number of hydrogen-bond acceptors (Lipinski definition) is 2. The Morgan fingerprint density at radius 2 is 2.21 bits per heavy atom. The molecule has 0 amide bonds. The molecule has 2 nitrogen and oxygen atoms in total. The Bertz CT molecular complexity index is 147. The van der Waals surface area contributed by atoms with E-state index in [4.69, 9.17) is 4.74 Å². The summed E-state index contributed by atoms with van der Waals surface area (Å²) >= 11 is 0. The summed E-state index contributed by atoms with van der Waals surface area (Å²) in [5, 5.41) is 0. The topological polar surface area (TPSA) is 12.5 Å². The smallest absolute Gasteiger partial charge is 0.0698 e. The van der Waals surface area contributed by atoms with Gasteiger partial charge in [0.15, 0.2) is 0 Å². The first-order valence-corrected chi connectivity index (χ1v) is 5.97. The Morgan fingerprint density at radius 3 is 2.86 bits per heavy atom. The van der Waals surface area contributed by atoms with Gasteiger partial charge in [0.05, 0.1) is 6.10 Å². The quantitative estimate of drug-likeness (QED) is 0.674. The van der Waals surface area contributed by atoms with Crippen molar-refractivity contribution in [3.8, 4) is 0 Å². The third-order valence-corrected chi connectivity index (χ3v) is 3.05. The van der Waals surface area contributed by atoms with Gasteiger partial charge in [-0.25, -0.2) is 0 Å². The van der Waals surface area contributed by atoms with E-state index in [-0.39, 0.29) is 0 Å². The van der Waals surface area contributed by atoms with Crippen LogP contribution in [-0.2, 0) is 4.74 Å². The molecule has 0 aromatic heterocycles. The summed E-state index contributed by atoms with van der Waals surface area (Å²) < 4.78 is 5.41. The van der Waals surface area contributed by atoms with Crippen LogP contribution >= 0.6 is 0 Å². The molecule has 1 aliphatic heterocycles. The molecule has 84 valence electrons. The number of ether oxygens (including phenoxy) is 1. The second kappa shape index (κ2) is 6.41. The van der Waals surface area contributed by atoms with Crippen molar-refractivity contribution in [2.24, 2.45) is 5.92 Å². The summed E-state index contributed by atoms with van der Waals surface area (Å²) in [5.74, 6) is 0.845. The van der Waals surface area contributed by atoms with Gasteiger partial charge in [0.25, 0.3) is 0 Å². The van der Waals surface area contributed by atoms with Crippen LogP contribution in [0.15, 0.2) is 0 Å². The summed E-state index contributed by atoms with van der Waals surface area (Å²) in [4.78, 5) is 2.56. The van der Waals surface area contributed by atoms with Gasteiger partial charge in [-0.3, -0.25) is 0 Å². The minimum atomic E-state index is 0.489. The molecule has 1 saturated heterocycles. The van der Waals surface area contributed by atoms with Crippen LogP contribution in [0.1, 0.15) is 39.5 Å². The van der Waals surface area contributed by atoms with Crippen LogP contribution in [0.5, 0.6) is 0 Å². The van der Waals surface area contributed by atoms with Crippen molar-refractivity contribution in [1.82, 2.24) is 4.90 Å². The van der Waals surface area contributed by atoms with Gasteiger partial charge in [-0.2, -0.15) is 0 Å². The lowest BCUT2D eigenvalue weighted by Gasteiger charge is -2.31. The largest absolute Gasteiger partial charge is 0.380 e. The summed E-state index contributed by atoms with van der Waals surface area (Å²) in [6, 6.07) is 0. The number of rotatable bonds is 5. The average Bonchev–Trinajstić information content (AvgIpc) is 2.18. The predicted octanol–water partition coefficient (Wildman–Crippen LogP) is 2.53. The molecule has 1 atom stereocenters. The minimum Gasteiger partial charge on any atom is -0.380 e. The molecule has 0 bridgehead atoms. The van der Waals surface area contributed by atoms with Crippen molar-refractivity contribution in [2.75, 3.05) is 26.7 Å². The van der Waals surface area contributed by atoms with E-state index in [0.717, 1.165) is 12.5 Å². The molecule has 1 aliphatic rings. The zero-order chi connectivity index (χ0) is 10.4. The molecule has 1 heterocycles. The maximum atomic E-state index is 5.41. The van der Waals surface area contributed by atoms with Crippen LogP contribution in [0.4, 0.5) is 0 Å². The summed E-state index contributed by atoms with van der Waals surface area (Å²) in [7, 11) is 1.84. The lowest BCUT2D eigenvalue weighted by Crippen LogP contribution is -2.39. The predicted molar refractivity (Wildman–Crippen MR) is 60.5 cm³/mol. The van der Waals surface area contributed by atoms with Crippen molar-refractivity contribution >= 4 is 0 Å². The first-order valence-electron chi connectivity index (χ1n) is 5.97. The van der Waals surface area contributed by atoms with Gasteiger partial charge in [-0.05, 0) is 44.7 Å². The zero-order valence-electron chi connectivity index (χ0n) is 9.96. The molecule has 1 fully saturated rings. The molecule has 1 unspecified atom stereocenters. The third kappa shape index (κ3) is 4.43. The molecule has 14 heavy (non-hydrogen) atoms. The Kier molecular flexibility index (Phi) is 5.49.